The predicted molar refractivity (Wildman–Crippen MR) is 52.9 cm³/mol. The summed E-state index contributed by atoms with van der Waals surface area (Å²) in [5.41, 5.74) is 1.24. The van der Waals surface area contributed by atoms with Crippen molar-refractivity contribution >= 4 is 11.8 Å². The van der Waals surface area contributed by atoms with Crippen LogP contribution in [0.5, 0.6) is 5.75 Å². The van der Waals surface area contributed by atoms with Crippen molar-refractivity contribution in [3.63, 3.8) is 0 Å². The van der Waals surface area contributed by atoms with E-state index in [0.29, 0.717) is 0 Å². The lowest BCUT2D eigenvalue weighted by molar-refractivity contribution is 0.408. The summed E-state index contributed by atoms with van der Waals surface area (Å²) in [5.74, 6) is 2.02. The molecule has 2 nitrogen and oxygen atoms in total. The Morgan fingerprint density at radius 3 is 3.08 bits per heavy atom. The third-order valence-corrected chi connectivity index (χ3v) is 2.28. The molecule has 0 atom stereocenters. The number of nitrogens with zero attached hydrogens (tertiary/aromatic N) is 1. The van der Waals surface area contributed by atoms with Gasteiger partial charge in [0.1, 0.15) is 5.75 Å². The van der Waals surface area contributed by atoms with Gasteiger partial charge in [-0.25, -0.2) is 0 Å². The molecule has 1 rings (SSSR count). The highest BCUT2D eigenvalue weighted by molar-refractivity contribution is 7.98. The lowest BCUT2D eigenvalue weighted by atomic mass is 10.2. The average Bonchev–Trinajstić information content (AvgIpc) is 2.15. The summed E-state index contributed by atoms with van der Waals surface area (Å²) in [6, 6.07) is 2.01. The molecule has 0 spiro atoms. The van der Waals surface area contributed by atoms with Crippen LogP contribution in [0.15, 0.2) is 18.5 Å². The molecule has 1 aromatic rings. The molecule has 0 aliphatic heterocycles. The van der Waals surface area contributed by atoms with Gasteiger partial charge in [0, 0.05) is 6.20 Å². The molecule has 0 aliphatic carbocycles. The summed E-state index contributed by atoms with van der Waals surface area (Å²) in [7, 11) is 1.68. The molecule has 1 aromatic heterocycles. The zero-order valence-electron chi connectivity index (χ0n) is 7.41. The van der Waals surface area contributed by atoms with Gasteiger partial charge in [-0.2, -0.15) is 11.8 Å². The van der Waals surface area contributed by atoms with Crippen LogP contribution in [-0.4, -0.2) is 24.1 Å². The number of methoxy groups -OCH3 is 1. The van der Waals surface area contributed by atoms with Gasteiger partial charge in [-0.1, -0.05) is 0 Å². The lowest BCUT2D eigenvalue weighted by Crippen LogP contribution is -1.94. The van der Waals surface area contributed by atoms with Gasteiger partial charge >= 0.3 is 0 Å². The monoisotopic (exact) mass is 183 g/mol. The van der Waals surface area contributed by atoms with E-state index in [1.165, 1.54) is 5.56 Å². The molecular formula is C9H13NOS. The van der Waals surface area contributed by atoms with Crippen molar-refractivity contribution < 1.29 is 4.74 Å². The van der Waals surface area contributed by atoms with Crippen LogP contribution in [0.3, 0.4) is 0 Å². The van der Waals surface area contributed by atoms with Crippen LogP contribution in [0.25, 0.3) is 0 Å². The maximum atomic E-state index is 5.17. The van der Waals surface area contributed by atoms with E-state index in [1.807, 2.05) is 17.8 Å². The number of ether oxygens (including phenoxy) is 1. The molecular weight excluding hydrogens is 170 g/mol. The Bertz CT molecular complexity index is 240. The van der Waals surface area contributed by atoms with E-state index in [-0.39, 0.29) is 0 Å². The summed E-state index contributed by atoms with van der Waals surface area (Å²) in [5, 5.41) is 0. The van der Waals surface area contributed by atoms with Gasteiger partial charge in [0.05, 0.1) is 13.3 Å². The molecule has 12 heavy (non-hydrogen) atoms. The van der Waals surface area contributed by atoms with Gasteiger partial charge in [0.2, 0.25) is 0 Å². The zero-order chi connectivity index (χ0) is 8.81. The van der Waals surface area contributed by atoms with Crippen LogP contribution in [0, 0.1) is 0 Å². The van der Waals surface area contributed by atoms with Crippen molar-refractivity contribution in [3.05, 3.63) is 24.0 Å². The molecule has 0 N–H and O–H groups in total. The molecule has 0 saturated heterocycles. The minimum Gasteiger partial charge on any atom is -0.495 e. The van der Waals surface area contributed by atoms with Crippen LogP contribution < -0.4 is 4.74 Å². The topological polar surface area (TPSA) is 22.1 Å². The molecule has 0 radical (unpaired) electrons. The quantitative estimate of drug-likeness (QED) is 0.712. The molecule has 0 aliphatic rings. The van der Waals surface area contributed by atoms with Crippen molar-refractivity contribution in [3.8, 4) is 5.75 Å². The minimum absolute atomic E-state index is 0.895. The second-order valence-electron chi connectivity index (χ2n) is 2.43. The van der Waals surface area contributed by atoms with Crippen LogP contribution in [0.4, 0.5) is 0 Å². The Hall–Kier alpha value is -0.700. The van der Waals surface area contributed by atoms with Gasteiger partial charge in [-0.15, -0.1) is 0 Å². The third kappa shape index (κ3) is 2.41. The highest BCUT2D eigenvalue weighted by Gasteiger charge is 2.00. The van der Waals surface area contributed by atoms with Gasteiger partial charge in [0.15, 0.2) is 0 Å². The summed E-state index contributed by atoms with van der Waals surface area (Å²) in [4.78, 5) is 3.99. The fourth-order valence-corrected chi connectivity index (χ4v) is 1.44. The number of pyridine rings is 1. The largest absolute Gasteiger partial charge is 0.495 e. The lowest BCUT2D eigenvalue weighted by Gasteiger charge is -2.05. The number of hydrogen-bond donors (Lipinski definition) is 0. The highest BCUT2D eigenvalue weighted by atomic mass is 32.2. The first-order chi connectivity index (χ1) is 5.88. The van der Waals surface area contributed by atoms with E-state index in [2.05, 4.69) is 11.2 Å². The Balaban J connectivity index is 2.68. The first kappa shape index (κ1) is 9.39. The molecule has 0 aromatic carbocycles. The Labute approximate surface area is 77.3 Å². The number of aromatic nitrogens is 1. The first-order valence-corrected chi connectivity index (χ1v) is 5.23. The normalized spacial score (nSPS) is 9.83. The fraction of sp³-hybridized carbons (Fsp3) is 0.444. The summed E-state index contributed by atoms with van der Waals surface area (Å²) >= 11 is 1.84. The molecule has 0 saturated carbocycles. The minimum atomic E-state index is 0.895. The van der Waals surface area contributed by atoms with Gasteiger partial charge in [-0.05, 0) is 30.1 Å². The predicted octanol–water partition coefficient (Wildman–Crippen LogP) is 2.00. The SMILES string of the molecule is COc1cnccc1CCSC. The fourth-order valence-electron chi connectivity index (χ4n) is 1.01. The molecule has 0 bridgehead atoms. The van der Waals surface area contributed by atoms with Crippen molar-refractivity contribution in [2.75, 3.05) is 19.1 Å². The molecule has 0 amide bonds. The van der Waals surface area contributed by atoms with Crippen LogP contribution in [0.1, 0.15) is 5.56 Å². The summed E-state index contributed by atoms with van der Waals surface area (Å²) in [6.07, 6.45) is 6.72. The zero-order valence-corrected chi connectivity index (χ0v) is 8.23. The smallest absolute Gasteiger partial charge is 0.140 e. The van der Waals surface area contributed by atoms with Crippen LogP contribution in [-0.2, 0) is 6.42 Å². The van der Waals surface area contributed by atoms with Crippen molar-refractivity contribution in [2.24, 2.45) is 0 Å². The van der Waals surface area contributed by atoms with E-state index in [9.17, 15) is 0 Å². The highest BCUT2D eigenvalue weighted by Crippen LogP contribution is 2.17. The van der Waals surface area contributed by atoms with Crippen LogP contribution in [0.2, 0.25) is 0 Å². The summed E-state index contributed by atoms with van der Waals surface area (Å²) in [6.45, 7) is 0. The Morgan fingerprint density at radius 1 is 1.58 bits per heavy atom. The maximum Gasteiger partial charge on any atom is 0.140 e. The number of hydrogen-bond acceptors (Lipinski definition) is 3. The summed E-state index contributed by atoms with van der Waals surface area (Å²) < 4.78 is 5.17. The molecule has 66 valence electrons. The second kappa shape index (κ2) is 5.04. The maximum absolute atomic E-state index is 5.17. The van der Waals surface area contributed by atoms with E-state index < -0.39 is 0 Å². The molecule has 0 unspecified atom stereocenters. The van der Waals surface area contributed by atoms with Gasteiger partial charge < -0.3 is 4.74 Å². The number of thioether (sulfide) groups is 1. The van der Waals surface area contributed by atoms with Crippen molar-refractivity contribution in [1.29, 1.82) is 0 Å². The van der Waals surface area contributed by atoms with Crippen molar-refractivity contribution in [2.45, 2.75) is 6.42 Å². The van der Waals surface area contributed by atoms with E-state index in [1.54, 1.807) is 19.5 Å². The third-order valence-electron chi connectivity index (χ3n) is 1.67. The van der Waals surface area contributed by atoms with Gasteiger partial charge in [0.25, 0.3) is 0 Å². The van der Waals surface area contributed by atoms with E-state index in [0.717, 1.165) is 17.9 Å². The standard InChI is InChI=1S/C9H13NOS/c1-11-9-7-10-5-3-8(9)4-6-12-2/h3,5,7H,4,6H2,1-2H3. The van der Waals surface area contributed by atoms with Crippen molar-refractivity contribution in [1.82, 2.24) is 4.98 Å². The van der Waals surface area contributed by atoms with E-state index in [4.69, 9.17) is 4.74 Å². The first-order valence-electron chi connectivity index (χ1n) is 3.84. The van der Waals surface area contributed by atoms with E-state index >= 15 is 0 Å². The average molecular weight is 183 g/mol. The number of rotatable bonds is 4. The molecule has 3 heteroatoms. The van der Waals surface area contributed by atoms with Gasteiger partial charge in [-0.3, -0.25) is 4.98 Å². The number of aryl methyl sites for hydroxylation is 1. The second-order valence-corrected chi connectivity index (χ2v) is 3.42. The molecule has 1 heterocycles. The Kier molecular flexibility index (Phi) is 3.94. The molecule has 0 fully saturated rings. The Morgan fingerprint density at radius 2 is 2.42 bits per heavy atom. The van der Waals surface area contributed by atoms with Crippen LogP contribution >= 0.6 is 11.8 Å².